The lowest BCUT2D eigenvalue weighted by Gasteiger charge is -2.37. The maximum Gasteiger partial charge on any atom is 0.410 e. The summed E-state index contributed by atoms with van der Waals surface area (Å²) in [4.78, 5) is 54.5. The highest BCUT2D eigenvalue weighted by Crippen LogP contribution is 2.33. The molecule has 1 unspecified atom stereocenters. The molecule has 3 heterocycles. The molecule has 1 aromatic carbocycles. The number of nitrogens with zero attached hydrogens (tertiary/aromatic N) is 3. The largest absolute Gasteiger partial charge is 0.507 e. The summed E-state index contributed by atoms with van der Waals surface area (Å²) in [7, 11) is 0. The van der Waals surface area contributed by atoms with Crippen molar-refractivity contribution in [3.8, 4) is 5.75 Å². The Bertz CT molecular complexity index is 1070. The minimum atomic E-state index is -1.42. The van der Waals surface area contributed by atoms with E-state index in [2.05, 4.69) is 6.92 Å². The fourth-order valence-electron chi connectivity index (χ4n) is 6.23. The first kappa shape index (κ1) is 28.7. The van der Waals surface area contributed by atoms with Crippen molar-refractivity contribution in [1.82, 2.24) is 14.7 Å². The van der Waals surface area contributed by atoms with Crippen LogP contribution in [0.2, 0.25) is 0 Å². The molecule has 2 atom stereocenters. The monoisotopic (exact) mass is 543 g/mol. The third kappa shape index (κ3) is 6.83. The van der Waals surface area contributed by atoms with Crippen LogP contribution < -0.4 is 0 Å². The van der Waals surface area contributed by atoms with Crippen LogP contribution in [0, 0.1) is 31.6 Å². The molecule has 0 spiro atoms. The molecule has 0 saturated carbocycles. The number of likely N-dealkylation sites (tertiary alicyclic amines) is 3. The lowest BCUT2D eigenvalue weighted by atomic mass is 9.83. The Morgan fingerprint density at radius 2 is 1.41 bits per heavy atom. The van der Waals surface area contributed by atoms with Crippen molar-refractivity contribution in [3.63, 3.8) is 0 Å². The van der Waals surface area contributed by atoms with Gasteiger partial charge in [-0.1, -0.05) is 19.1 Å². The zero-order valence-electron chi connectivity index (χ0n) is 23.2. The molecule has 0 aromatic heterocycles. The van der Waals surface area contributed by atoms with E-state index in [1.807, 2.05) is 26.0 Å². The third-order valence-corrected chi connectivity index (χ3v) is 8.75. The Hall–Kier alpha value is -3.30. The van der Waals surface area contributed by atoms with Gasteiger partial charge in [0.2, 0.25) is 0 Å². The SMILES string of the molecule is Cc1cc(C[C@@H](OC(=O)N2CCC(C)CC2)C(=O)N2CCC(C3CCN(C(=O)C(=O)O)C3)CC2)cc(C)c1O. The number of piperidine rings is 2. The van der Waals surface area contributed by atoms with Gasteiger partial charge in [-0.05, 0) is 80.4 Å². The molecule has 0 aliphatic carbocycles. The molecule has 214 valence electrons. The fourth-order valence-corrected chi connectivity index (χ4v) is 6.23. The van der Waals surface area contributed by atoms with Crippen molar-refractivity contribution in [2.45, 2.75) is 65.4 Å². The minimum Gasteiger partial charge on any atom is -0.507 e. The summed E-state index contributed by atoms with van der Waals surface area (Å²) in [5, 5.41) is 19.2. The van der Waals surface area contributed by atoms with Crippen LogP contribution in [0.5, 0.6) is 5.75 Å². The highest BCUT2D eigenvalue weighted by Gasteiger charge is 2.38. The number of phenols is 1. The molecule has 39 heavy (non-hydrogen) atoms. The number of ether oxygens (including phenoxy) is 1. The van der Waals surface area contributed by atoms with Crippen molar-refractivity contribution in [2.75, 3.05) is 39.3 Å². The second-order valence-electron chi connectivity index (χ2n) is 11.6. The maximum absolute atomic E-state index is 13.7. The molecule has 3 fully saturated rings. The first-order chi connectivity index (χ1) is 18.5. The van der Waals surface area contributed by atoms with Crippen LogP contribution in [-0.4, -0.2) is 94.2 Å². The van der Waals surface area contributed by atoms with Crippen LogP contribution in [0.25, 0.3) is 0 Å². The Morgan fingerprint density at radius 3 is 2.00 bits per heavy atom. The maximum atomic E-state index is 13.7. The Morgan fingerprint density at radius 1 is 0.872 bits per heavy atom. The van der Waals surface area contributed by atoms with Crippen molar-refractivity contribution in [3.05, 3.63) is 28.8 Å². The number of phenolic OH excluding ortho intramolecular Hbond substituents is 1. The van der Waals surface area contributed by atoms with Crippen molar-refractivity contribution in [2.24, 2.45) is 17.8 Å². The summed E-state index contributed by atoms with van der Waals surface area (Å²) in [6.45, 7) is 8.96. The van der Waals surface area contributed by atoms with Gasteiger partial charge in [-0.3, -0.25) is 9.59 Å². The highest BCUT2D eigenvalue weighted by atomic mass is 16.6. The number of aromatic hydroxyl groups is 1. The number of aliphatic carboxylic acids is 1. The molecule has 0 radical (unpaired) electrons. The smallest absolute Gasteiger partial charge is 0.410 e. The number of carboxylic acids is 1. The number of hydrogen-bond donors (Lipinski definition) is 2. The van der Waals surface area contributed by atoms with E-state index in [0.717, 1.165) is 37.7 Å². The average molecular weight is 544 g/mol. The Labute approximate surface area is 229 Å². The molecule has 1 aromatic rings. The third-order valence-electron chi connectivity index (χ3n) is 8.75. The molecular formula is C29H41N3O7. The summed E-state index contributed by atoms with van der Waals surface area (Å²) >= 11 is 0. The van der Waals surface area contributed by atoms with E-state index in [1.165, 1.54) is 4.90 Å². The molecule has 10 heteroatoms. The van der Waals surface area contributed by atoms with E-state index < -0.39 is 24.1 Å². The molecular weight excluding hydrogens is 502 g/mol. The molecule has 3 aliphatic rings. The predicted molar refractivity (Wildman–Crippen MR) is 143 cm³/mol. The zero-order chi connectivity index (χ0) is 28.3. The standard InChI is InChI=1S/C29H41N3O7/c1-18-4-9-31(10-5-18)29(38)39-24(16-21-14-19(2)25(33)20(3)15-21)26(34)30-11-6-22(7-12-30)23-8-13-32(17-23)27(35)28(36)37/h14-15,18,22-24,33H,4-13,16-17H2,1-3H3,(H,36,37)/t23?,24-/m1/s1. The number of carbonyl (C=O) groups excluding carboxylic acids is 3. The van der Waals surface area contributed by atoms with Crippen molar-refractivity contribution >= 4 is 23.9 Å². The van der Waals surface area contributed by atoms with Crippen LogP contribution in [0.3, 0.4) is 0 Å². The first-order valence-corrected chi connectivity index (χ1v) is 14.1. The van der Waals surface area contributed by atoms with Crippen LogP contribution in [0.1, 0.15) is 55.7 Å². The molecule has 10 nitrogen and oxygen atoms in total. The van der Waals surface area contributed by atoms with E-state index in [1.54, 1.807) is 9.80 Å². The van der Waals surface area contributed by atoms with Gasteiger partial charge in [-0.25, -0.2) is 9.59 Å². The van der Waals surface area contributed by atoms with Crippen LogP contribution in [0.4, 0.5) is 4.79 Å². The number of amides is 3. The molecule has 3 saturated heterocycles. The number of carboxylic acid groups (broad SMARTS) is 1. The van der Waals surface area contributed by atoms with Gasteiger partial charge in [0.1, 0.15) is 5.75 Å². The predicted octanol–water partition coefficient (Wildman–Crippen LogP) is 2.96. The Balaban J connectivity index is 1.41. The highest BCUT2D eigenvalue weighted by molar-refractivity contribution is 6.31. The van der Waals surface area contributed by atoms with Crippen LogP contribution in [-0.2, 0) is 25.5 Å². The number of benzene rings is 1. The van der Waals surface area contributed by atoms with E-state index >= 15 is 0 Å². The van der Waals surface area contributed by atoms with Crippen LogP contribution in [0.15, 0.2) is 12.1 Å². The summed E-state index contributed by atoms with van der Waals surface area (Å²) in [5.74, 6) is -1.18. The quantitative estimate of drug-likeness (QED) is 0.547. The van der Waals surface area contributed by atoms with Gasteiger partial charge in [0, 0.05) is 45.7 Å². The molecule has 4 rings (SSSR count). The summed E-state index contributed by atoms with van der Waals surface area (Å²) < 4.78 is 5.88. The fraction of sp³-hybridized carbons (Fsp3) is 0.655. The minimum absolute atomic E-state index is 0.218. The number of carbonyl (C=O) groups is 4. The van der Waals surface area contributed by atoms with Gasteiger partial charge in [-0.2, -0.15) is 0 Å². The van der Waals surface area contributed by atoms with Gasteiger partial charge in [0.15, 0.2) is 6.10 Å². The lowest BCUT2D eigenvalue weighted by Crippen LogP contribution is -2.49. The van der Waals surface area contributed by atoms with E-state index in [4.69, 9.17) is 9.84 Å². The van der Waals surface area contributed by atoms with Crippen LogP contribution >= 0.6 is 0 Å². The van der Waals surface area contributed by atoms with Gasteiger partial charge in [0.25, 0.3) is 5.91 Å². The summed E-state index contributed by atoms with van der Waals surface area (Å²) in [5.41, 5.74) is 2.24. The average Bonchev–Trinajstić information content (AvgIpc) is 3.41. The van der Waals surface area contributed by atoms with Gasteiger partial charge >= 0.3 is 18.0 Å². The van der Waals surface area contributed by atoms with E-state index in [9.17, 15) is 24.3 Å². The van der Waals surface area contributed by atoms with Gasteiger partial charge in [-0.15, -0.1) is 0 Å². The van der Waals surface area contributed by atoms with Gasteiger partial charge < -0.3 is 29.6 Å². The Kier molecular flexibility index (Phi) is 9.02. The molecule has 3 amide bonds. The first-order valence-electron chi connectivity index (χ1n) is 14.1. The topological polar surface area (TPSA) is 128 Å². The number of hydrogen-bond acceptors (Lipinski definition) is 6. The molecule has 0 bridgehead atoms. The number of aryl methyl sites for hydroxylation is 2. The van der Waals surface area contributed by atoms with Crippen molar-refractivity contribution < 1.29 is 34.1 Å². The summed E-state index contributed by atoms with van der Waals surface area (Å²) in [6.07, 6.45) is 2.91. The summed E-state index contributed by atoms with van der Waals surface area (Å²) in [6, 6.07) is 3.66. The second-order valence-corrected chi connectivity index (χ2v) is 11.6. The van der Waals surface area contributed by atoms with Gasteiger partial charge in [0.05, 0.1) is 0 Å². The zero-order valence-corrected chi connectivity index (χ0v) is 23.2. The normalized spacial score (nSPS) is 21.6. The second kappa shape index (κ2) is 12.3. The van der Waals surface area contributed by atoms with E-state index in [0.29, 0.717) is 62.2 Å². The lowest BCUT2D eigenvalue weighted by molar-refractivity contribution is -0.155. The molecule has 3 aliphatic heterocycles. The van der Waals surface area contributed by atoms with E-state index in [-0.39, 0.29) is 24.0 Å². The molecule has 2 N–H and O–H groups in total. The number of rotatable bonds is 5. The van der Waals surface area contributed by atoms with Crippen molar-refractivity contribution in [1.29, 1.82) is 0 Å².